The van der Waals surface area contributed by atoms with Gasteiger partial charge in [0.2, 0.25) is 10.0 Å². The Bertz CT molecular complexity index is 665. The van der Waals surface area contributed by atoms with Crippen molar-refractivity contribution in [1.29, 1.82) is 5.26 Å². The summed E-state index contributed by atoms with van der Waals surface area (Å²) in [6.07, 6.45) is 1.94. The van der Waals surface area contributed by atoms with E-state index in [9.17, 15) is 8.42 Å². The van der Waals surface area contributed by atoms with Crippen molar-refractivity contribution in [3.8, 4) is 6.07 Å². The Kier molecular flexibility index (Phi) is 4.07. The van der Waals surface area contributed by atoms with Crippen molar-refractivity contribution < 1.29 is 8.42 Å². The predicted octanol–water partition coefficient (Wildman–Crippen LogP) is 1.62. The first-order valence-corrected chi connectivity index (χ1v) is 8.12. The highest BCUT2D eigenvalue weighted by Gasteiger charge is 2.43. The third-order valence-electron chi connectivity index (χ3n) is 3.62. The van der Waals surface area contributed by atoms with E-state index in [1.807, 2.05) is 6.07 Å². The van der Waals surface area contributed by atoms with Crippen molar-refractivity contribution in [2.45, 2.75) is 30.2 Å². The zero-order valence-electron chi connectivity index (χ0n) is 11.1. The van der Waals surface area contributed by atoms with Crippen LogP contribution in [0.2, 0.25) is 5.02 Å². The molecule has 3 N–H and O–H groups in total. The molecule has 1 unspecified atom stereocenters. The summed E-state index contributed by atoms with van der Waals surface area (Å²) in [6, 6.07) is 6.02. The summed E-state index contributed by atoms with van der Waals surface area (Å²) in [7, 11) is -3.76. The van der Waals surface area contributed by atoms with Crippen LogP contribution in [0.5, 0.6) is 0 Å². The van der Waals surface area contributed by atoms with Gasteiger partial charge in [-0.2, -0.15) is 5.26 Å². The summed E-state index contributed by atoms with van der Waals surface area (Å²) in [5.74, 6) is 0.263. The molecule has 2 rings (SSSR count). The van der Waals surface area contributed by atoms with E-state index in [0.29, 0.717) is 5.56 Å². The second-order valence-electron chi connectivity index (χ2n) is 5.26. The van der Waals surface area contributed by atoms with Gasteiger partial charge in [0, 0.05) is 12.1 Å². The van der Waals surface area contributed by atoms with Crippen molar-refractivity contribution in [2.75, 3.05) is 6.54 Å². The number of nitrogens with one attached hydrogen (secondary N) is 1. The summed E-state index contributed by atoms with van der Waals surface area (Å²) in [4.78, 5) is -0.0292. The first-order valence-electron chi connectivity index (χ1n) is 6.26. The molecule has 1 fully saturated rings. The minimum atomic E-state index is -3.76. The molecule has 1 atom stereocenters. The highest BCUT2D eigenvalue weighted by Crippen LogP contribution is 2.40. The van der Waals surface area contributed by atoms with Crippen LogP contribution in [-0.4, -0.2) is 20.5 Å². The number of nitriles is 1. The fourth-order valence-electron chi connectivity index (χ4n) is 2.16. The summed E-state index contributed by atoms with van der Waals surface area (Å²) < 4.78 is 27.5. The lowest BCUT2D eigenvalue weighted by Gasteiger charge is -2.29. The average Bonchev–Trinajstić information content (AvgIpc) is 3.22. The summed E-state index contributed by atoms with van der Waals surface area (Å²) >= 11 is 5.96. The number of benzene rings is 1. The molecule has 5 nitrogen and oxygen atoms in total. The molecule has 0 radical (unpaired) electrons. The molecule has 0 amide bonds. The first kappa shape index (κ1) is 15.3. The van der Waals surface area contributed by atoms with Gasteiger partial charge < -0.3 is 5.73 Å². The predicted molar refractivity (Wildman–Crippen MR) is 76.7 cm³/mol. The van der Waals surface area contributed by atoms with Crippen LogP contribution >= 0.6 is 11.6 Å². The molecular weight excluding hydrogens is 298 g/mol. The van der Waals surface area contributed by atoms with E-state index >= 15 is 0 Å². The maximum Gasteiger partial charge on any atom is 0.242 e. The van der Waals surface area contributed by atoms with Gasteiger partial charge >= 0.3 is 0 Å². The fourth-order valence-corrected chi connectivity index (χ4v) is 4.18. The van der Waals surface area contributed by atoms with Crippen LogP contribution < -0.4 is 10.5 Å². The molecule has 0 saturated heterocycles. The number of nitrogens with zero attached hydrogens (tertiary/aromatic N) is 1. The van der Waals surface area contributed by atoms with Gasteiger partial charge in [0.1, 0.15) is 4.90 Å². The van der Waals surface area contributed by atoms with Gasteiger partial charge in [-0.1, -0.05) is 11.6 Å². The third-order valence-corrected chi connectivity index (χ3v) is 5.72. The Balaban J connectivity index is 2.33. The highest BCUT2D eigenvalue weighted by molar-refractivity contribution is 7.89. The summed E-state index contributed by atoms with van der Waals surface area (Å²) in [5.41, 5.74) is 5.37. The number of sulfonamides is 1. The topological polar surface area (TPSA) is 96.0 Å². The monoisotopic (exact) mass is 313 g/mol. The minimum Gasteiger partial charge on any atom is -0.329 e. The quantitative estimate of drug-likeness (QED) is 0.863. The molecule has 108 valence electrons. The number of halogens is 1. The SMILES string of the molecule is CC(CN)(NS(=O)(=O)c1ccc(C#N)cc1Cl)C1CC1. The van der Waals surface area contributed by atoms with Crippen molar-refractivity contribution in [3.63, 3.8) is 0 Å². The van der Waals surface area contributed by atoms with Crippen LogP contribution in [0.15, 0.2) is 23.1 Å². The molecule has 1 saturated carbocycles. The summed E-state index contributed by atoms with van der Waals surface area (Å²) in [6.45, 7) is 2.03. The number of hydrogen-bond acceptors (Lipinski definition) is 4. The Morgan fingerprint density at radius 3 is 2.65 bits per heavy atom. The second kappa shape index (κ2) is 5.34. The Morgan fingerprint density at radius 2 is 2.20 bits per heavy atom. The fraction of sp³-hybridized carbons (Fsp3) is 0.462. The molecule has 0 aromatic heterocycles. The van der Waals surface area contributed by atoms with Gasteiger partial charge in [0.25, 0.3) is 0 Å². The highest BCUT2D eigenvalue weighted by atomic mass is 35.5. The second-order valence-corrected chi connectivity index (χ2v) is 7.32. The van der Waals surface area contributed by atoms with Gasteiger partial charge in [0.15, 0.2) is 0 Å². The van der Waals surface area contributed by atoms with Crippen molar-refractivity contribution in [2.24, 2.45) is 11.7 Å². The molecule has 20 heavy (non-hydrogen) atoms. The van der Waals surface area contributed by atoms with E-state index in [4.69, 9.17) is 22.6 Å². The zero-order valence-corrected chi connectivity index (χ0v) is 12.6. The molecule has 0 spiro atoms. The Hall–Kier alpha value is -1.13. The van der Waals surface area contributed by atoms with Crippen LogP contribution in [-0.2, 0) is 10.0 Å². The number of rotatable bonds is 5. The number of hydrogen-bond donors (Lipinski definition) is 2. The third kappa shape index (κ3) is 2.96. The number of nitrogens with two attached hydrogens (primary N) is 1. The van der Waals surface area contributed by atoms with Crippen LogP contribution in [0.25, 0.3) is 0 Å². The smallest absolute Gasteiger partial charge is 0.242 e. The maximum atomic E-state index is 12.4. The van der Waals surface area contributed by atoms with E-state index in [-0.39, 0.29) is 22.4 Å². The molecular formula is C13H16ClN3O2S. The van der Waals surface area contributed by atoms with E-state index in [1.54, 1.807) is 6.92 Å². The standard InChI is InChI=1S/C13H16ClN3O2S/c1-13(8-16,10-3-4-10)17-20(18,19)12-5-2-9(7-15)6-11(12)14/h2,5-6,10,17H,3-4,8,16H2,1H3. The van der Waals surface area contributed by atoms with Crippen molar-refractivity contribution >= 4 is 21.6 Å². The minimum absolute atomic E-state index is 0.0292. The van der Waals surface area contributed by atoms with Gasteiger partial charge in [0.05, 0.1) is 16.7 Å². The summed E-state index contributed by atoms with van der Waals surface area (Å²) in [5, 5.41) is 8.81. The normalized spacial score (nSPS) is 18.3. The molecule has 1 aromatic carbocycles. The van der Waals surface area contributed by atoms with Gasteiger partial charge in [-0.3, -0.25) is 0 Å². The lowest BCUT2D eigenvalue weighted by molar-refractivity contribution is 0.374. The molecule has 1 aliphatic rings. The maximum absolute atomic E-state index is 12.4. The van der Waals surface area contributed by atoms with Crippen LogP contribution in [0.1, 0.15) is 25.3 Å². The van der Waals surface area contributed by atoms with Gasteiger partial charge in [-0.05, 0) is 43.9 Å². The largest absolute Gasteiger partial charge is 0.329 e. The Morgan fingerprint density at radius 1 is 1.55 bits per heavy atom. The molecule has 0 bridgehead atoms. The van der Waals surface area contributed by atoms with Crippen molar-refractivity contribution in [3.05, 3.63) is 28.8 Å². The zero-order chi connectivity index (χ0) is 15.0. The molecule has 0 aliphatic heterocycles. The van der Waals surface area contributed by atoms with Gasteiger partial charge in [-0.15, -0.1) is 0 Å². The van der Waals surface area contributed by atoms with E-state index in [1.165, 1.54) is 18.2 Å². The average molecular weight is 314 g/mol. The van der Waals surface area contributed by atoms with Crippen LogP contribution in [0, 0.1) is 17.2 Å². The van der Waals surface area contributed by atoms with Crippen LogP contribution in [0.3, 0.4) is 0 Å². The molecule has 7 heteroatoms. The van der Waals surface area contributed by atoms with E-state index in [0.717, 1.165) is 12.8 Å². The molecule has 0 heterocycles. The lowest BCUT2D eigenvalue weighted by atomic mass is 9.98. The van der Waals surface area contributed by atoms with E-state index < -0.39 is 15.6 Å². The Labute approximate surface area is 123 Å². The first-order chi connectivity index (χ1) is 9.32. The molecule has 1 aliphatic carbocycles. The van der Waals surface area contributed by atoms with Gasteiger partial charge in [-0.25, -0.2) is 13.1 Å². The van der Waals surface area contributed by atoms with Crippen LogP contribution in [0.4, 0.5) is 0 Å². The molecule has 1 aromatic rings. The lowest BCUT2D eigenvalue weighted by Crippen LogP contribution is -2.53. The van der Waals surface area contributed by atoms with E-state index in [2.05, 4.69) is 4.72 Å². The van der Waals surface area contributed by atoms with Crippen molar-refractivity contribution in [1.82, 2.24) is 4.72 Å².